The number of imide groups is 1. The van der Waals surface area contributed by atoms with Gasteiger partial charge in [0, 0.05) is 5.02 Å². The van der Waals surface area contributed by atoms with Crippen LogP contribution >= 0.6 is 11.6 Å². The number of amides is 2. The Morgan fingerprint density at radius 3 is 2.31 bits per heavy atom. The SMILES string of the molecule is COC(=O)COC(=O)c1ccc2c(c1)C(=O)N(c1ccc(Cl)cc1)C2=O. The van der Waals surface area contributed by atoms with Gasteiger partial charge in [0.1, 0.15) is 0 Å². The minimum atomic E-state index is -0.802. The van der Waals surface area contributed by atoms with Crippen LogP contribution in [0.1, 0.15) is 31.1 Å². The van der Waals surface area contributed by atoms with Gasteiger partial charge in [-0.15, -0.1) is 0 Å². The van der Waals surface area contributed by atoms with E-state index >= 15 is 0 Å². The Morgan fingerprint density at radius 1 is 1.00 bits per heavy atom. The molecule has 0 unspecified atom stereocenters. The number of carbonyl (C=O) groups is 4. The molecule has 0 fully saturated rings. The normalized spacial score (nSPS) is 12.8. The third-order valence-corrected chi connectivity index (χ3v) is 4.01. The Hall–Kier alpha value is -3.19. The molecular weight excluding hydrogens is 362 g/mol. The molecule has 2 aromatic rings. The summed E-state index contributed by atoms with van der Waals surface area (Å²) in [7, 11) is 1.17. The van der Waals surface area contributed by atoms with Crippen LogP contribution < -0.4 is 4.90 Å². The molecule has 0 atom stereocenters. The fraction of sp³-hybridized carbons (Fsp3) is 0.111. The molecule has 3 rings (SSSR count). The summed E-state index contributed by atoms with van der Waals surface area (Å²) in [5.41, 5.74) is 0.675. The number of anilines is 1. The fourth-order valence-electron chi connectivity index (χ4n) is 2.46. The van der Waals surface area contributed by atoms with E-state index in [1.165, 1.54) is 25.3 Å². The van der Waals surface area contributed by atoms with Crippen LogP contribution in [0.5, 0.6) is 0 Å². The average molecular weight is 374 g/mol. The molecule has 0 saturated heterocycles. The predicted octanol–water partition coefficient (Wildman–Crippen LogP) is 2.47. The van der Waals surface area contributed by atoms with Gasteiger partial charge in [-0.2, -0.15) is 0 Å². The Labute approximate surface area is 153 Å². The highest BCUT2D eigenvalue weighted by atomic mass is 35.5. The monoisotopic (exact) mass is 373 g/mol. The first-order valence-corrected chi connectivity index (χ1v) is 7.82. The lowest BCUT2D eigenvalue weighted by atomic mass is 10.1. The van der Waals surface area contributed by atoms with Crippen molar-refractivity contribution in [2.24, 2.45) is 0 Å². The van der Waals surface area contributed by atoms with Crippen molar-refractivity contribution in [2.45, 2.75) is 0 Å². The van der Waals surface area contributed by atoms with E-state index in [1.54, 1.807) is 24.3 Å². The minimum Gasteiger partial charge on any atom is -0.466 e. The number of fused-ring (bicyclic) bond motifs is 1. The largest absolute Gasteiger partial charge is 0.466 e. The number of hydrogen-bond acceptors (Lipinski definition) is 6. The van der Waals surface area contributed by atoms with Gasteiger partial charge < -0.3 is 9.47 Å². The second-order valence-electron chi connectivity index (χ2n) is 5.33. The van der Waals surface area contributed by atoms with Gasteiger partial charge in [-0.05, 0) is 42.5 Å². The first-order chi connectivity index (χ1) is 12.4. The smallest absolute Gasteiger partial charge is 0.344 e. The van der Waals surface area contributed by atoms with E-state index < -0.39 is 30.4 Å². The highest BCUT2D eigenvalue weighted by Crippen LogP contribution is 2.30. The van der Waals surface area contributed by atoms with Crippen LogP contribution in [0, 0.1) is 0 Å². The van der Waals surface area contributed by atoms with Crippen molar-refractivity contribution in [3.05, 3.63) is 64.2 Å². The summed E-state index contributed by atoms with van der Waals surface area (Å²) in [6.07, 6.45) is 0. The molecule has 0 spiro atoms. The van der Waals surface area contributed by atoms with Gasteiger partial charge in [-0.1, -0.05) is 11.6 Å². The lowest BCUT2D eigenvalue weighted by molar-refractivity contribution is -0.144. The molecule has 7 nitrogen and oxygen atoms in total. The minimum absolute atomic E-state index is 0.0479. The Bertz CT molecular complexity index is 922. The van der Waals surface area contributed by atoms with Crippen LogP contribution in [0.15, 0.2) is 42.5 Å². The topological polar surface area (TPSA) is 90.0 Å². The number of halogens is 1. The zero-order chi connectivity index (χ0) is 18.8. The molecule has 132 valence electrons. The van der Waals surface area contributed by atoms with E-state index in [2.05, 4.69) is 4.74 Å². The lowest BCUT2D eigenvalue weighted by Crippen LogP contribution is -2.29. The van der Waals surface area contributed by atoms with Crippen LogP contribution in [-0.2, 0) is 14.3 Å². The third kappa shape index (κ3) is 3.16. The Morgan fingerprint density at radius 2 is 1.65 bits per heavy atom. The summed E-state index contributed by atoms with van der Waals surface area (Å²) in [5, 5.41) is 0.473. The zero-order valence-corrected chi connectivity index (χ0v) is 14.3. The summed E-state index contributed by atoms with van der Waals surface area (Å²) in [4.78, 5) is 49.2. The fourth-order valence-corrected chi connectivity index (χ4v) is 2.59. The summed E-state index contributed by atoms with van der Waals surface area (Å²) >= 11 is 5.83. The molecule has 0 saturated carbocycles. The third-order valence-electron chi connectivity index (χ3n) is 3.76. The van der Waals surface area contributed by atoms with Gasteiger partial charge >= 0.3 is 11.9 Å². The van der Waals surface area contributed by atoms with Crippen molar-refractivity contribution in [1.82, 2.24) is 0 Å². The second kappa shape index (κ2) is 6.97. The molecule has 1 heterocycles. The molecule has 1 aliphatic rings. The van der Waals surface area contributed by atoms with Crippen molar-refractivity contribution in [2.75, 3.05) is 18.6 Å². The maximum Gasteiger partial charge on any atom is 0.344 e. The van der Waals surface area contributed by atoms with Crippen molar-refractivity contribution in [3.63, 3.8) is 0 Å². The molecule has 0 aromatic heterocycles. The predicted molar refractivity (Wildman–Crippen MR) is 91.3 cm³/mol. The summed E-state index contributed by atoms with van der Waals surface area (Å²) < 4.78 is 9.17. The van der Waals surface area contributed by atoms with Crippen molar-refractivity contribution in [1.29, 1.82) is 0 Å². The number of hydrogen-bond donors (Lipinski definition) is 0. The lowest BCUT2D eigenvalue weighted by Gasteiger charge is -2.13. The Balaban J connectivity index is 1.87. The standard InChI is InChI=1S/C18H12ClNO6/c1-25-15(21)9-26-18(24)10-2-7-13-14(8-10)17(23)20(16(13)22)12-5-3-11(19)4-6-12/h2-8H,9H2,1H3. The first kappa shape index (κ1) is 17.6. The molecule has 2 amide bonds. The van der Waals surface area contributed by atoms with E-state index in [4.69, 9.17) is 16.3 Å². The maximum atomic E-state index is 12.6. The van der Waals surface area contributed by atoms with Gasteiger partial charge in [0.05, 0.1) is 29.5 Å². The number of benzene rings is 2. The molecule has 1 aliphatic heterocycles. The molecule has 0 aliphatic carbocycles. The van der Waals surface area contributed by atoms with E-state index in [1.807, 2.05) is 0 Å². The van der Waals surface area contributed by atoms with Crippen LogP contribution in [0.4, 0.5) is 5.69 Å². The van der Waals surface area contributed by atoms with Crippen molar-refractivity contribution >= 4 is 41.0 Å². The summed E-state index contributed by atoms with van der Waals surface area (Å²) in [6.45, 7) is -0.545. The van der Waals surface area contributed by atoms with Gasteiger partial charge in [-0.25, -0.2) is 14.5 Å². The average Bonchev–Trinajstić information content (AvgIpc) is 2.90. The van der Waals surface area contributed by atoms with Gasteiger partial charge in [0.15, 0.2) is 6.61 Å². The van der Waals surface area contributed by atoms with Crippen molar-refractivity contribution < 1.29 is 28.7 Å². The number of ether oxygens (including phenoxy) is 2. The van der Waals surface area contributed by atoms with Crippen molar-refractivity contribution in [3.8, 4) is 0 Å². The number of nitrogens with zero attached hydrogens (tertiary/aromatic N) is 1. The molecule has 2 aromatic carbocycles. The second-order valence-corrected chi connectivity index (χ2v) is 5.77. The van der Waals surface area contributed by atoms with Gasteiger partial charge in [0.2, 0.25) is 0 Å². The maximum absolute atomic E-state index is 12.6. The quantitative estimate of drug-likeness (QED) is 0.604. The molecule has 0 bridgehead atoms. The van der Waals surface area contributed by atoms with Gasteiger partial charge in [-0.3, -0.25) is 9.59 Å². The molecule has 0 N–H and O–H groups in total. The number of methoxy groups -OCH3 is 1. The Kier molecular flexibility index (Phi) is 4.73. The zero-order valence-electron chi connectivity index (χ0n) is 13.5. The van der Waals surface area contributed by atoms with E-state index in [-0.39, 0.29) is 16.7 Å². The van der Waals surface area contributed by atoms with Crippen LogP contribution in [0.2, 0.25) is 5.02 Å². The molecule has 26 heavy (non-hydrogen) atoms. The van der Waals surface area contributed by atoms with E-state index in [0.29, 0.717) is 10.7 Å². The van der Waals surface area contributed by atoms with Crippen LogP contribution in [0.25, 0.3) is 0 Å². The molecule has 0 radical (unpaired) electrons. The van der Waals surface area contributed by atoms with Gasteiger partial charge in [0.25, 0.3) is 11.8 Å². The molecule has 8 heteroatoms. The summed E-state index contributed by atoms with van der Waals surface area (Å²) in [5.74, 6) is -2.57. The summed E-state index contributed by atoms with van der Waals surface area (Å²) in [6, 6.07) is 10.2. The van der Waals surface area contributed by atoms with E-state index in [0.717, 1.165) is 4.90 Å². The number of rotatable bonds is 4. The first-order valence-electron chi connectivity index (χ1n) is 7.44. The van der Waals surface area contributed by atoms with Crippen LogP contribution in [0.3, 0.4) is 0 Å². The number of esters is 2. The molecular formula is C18H12ClNO6. The highest BCUT2D eigenvalue weighted by molar-refractivity contribution is 6.35. The highest BCUT2D eigenvalue weighted by Gasteiger charge is 2.37. The van der Waals surface area contributed by atoms with E-state index in [9.17, 15) is 19.2 Å². The van der Waals surface area contributed by atoms with Crippen LogP contribution in [-0.4, -0.2) is 37.5 Å². The number of carbonyl (C=O) groups excluding carboxylic acids is 4.